The fourth-order valence-corrected chi connectivity index (χ4v) is 5.11. The van der Waals surface area contributed by atoms with E-state index in [0.717, 1.165) is 16.1 Å². The minimum absolute atomic E-state index is 0.0555. The van der Waals surface area contributed by atoms with Gasteiger partial charge in [0.1, 0.15) is 15.6 Å². The van der Waals surface area contributed by atoms with Crippen LogP contribution < -0.4 is 14.2 Å². The maximum Gasteiger partial charge on any atom is 0.265 e. The minimum Gasteiger partial charge on any atom is -0.496 e. The van der Waals surface area contributed by atoms with Crippen molar-refractivity contribution in [1.82, 2.24) is 14.8 Å². The van der Waals surface area contributed by atoms with Crippen LogP contribution >= 0.6 is 11.3 Å². The molecule has 0 radical (unpaired) electrons. The molecule has 2 amide bonds. The molecule has 0 unspecified atom stereocenters. The number of piperazine rings is 1. The second kappa shape index (κ2) is 10.4. The van der Waals surface area contributed by atoms with Gasteiger partial charge in [-0.15, -0.1) is 11.3 Å². The molecule has 0 saturated carbocycles. The number of carbonyl (C=O) groups excluding carboxylic acids is 2. The Morgan fingerprint density at radius 1 is 0.800 bits per heavy atom. The third-order valence-corrected chi connectivity index (χ3v) is 7.32. The van der Waals surface area contributed by atoms with Crippen molar-refractivity contribution < 1.29 is 23.8 Å². The van der Waals surface area contributed by atoms with Gasteiger partial charge in [-0.05, 0) is 49.7 Å². The van der Waals surface area contributed by atoms with Crippen LogP contribution in [0.5, 0.6) is 17.2 Å². The number of thiazole rings is 1. The predicted octanol–water partition coefficient (Wildman–Crippen LogP) is 4.05. The summed E-state index contributed by atoms with van der Waals surface area (Å²) in [6.45, 7) is 5.67. The highest BCUT2D eigenvalue weighted by atomic mass is 32.1. The summed E-state index contributed by atoms with van der Waals surface area (Å²) in [6.07, 6.45) is 0. The first kappa shape index (κ1) is 24.5. The van der Waals surface area contributed by atoms with E-state index in [1.165, 1.54) is 11.3 Å². The highest BCUT2D eigenvalue weighted by molar-refractivity contribution is 7.17. The SMILES string of the molecule is COc1cc(C(=O)N2CCN(C(=O)c3sc(-c4ccc(OC)c(OC)c4)nc3C)CC2)ccc1C. The lowest BCUT2D eigenvalue weighted by Gasteiger charge is -2.34. The Bertz CT molecular complexity index is 1250. The molecule has 1 aliphatic rings. The minimum atomic E-state index is -0.0594. The van der Waals surface area contributed by atoms with Gasteiger partial charge in [-0.3, -0.25) is 9.59 Å². The van der Waals surface area contributed by atoms with Gasteiger partial charge in [-0.25, -0.2) is 4.98 Å². The smallest absolute Gasteiger partial charge is 0.265 e. The second-order valence-corrected chi connectivity index (χ2v) is 9.27. The van der Waals surface area contributed by atoms with Crippen LogP contribution in [-0.2, 0) is 0 Å². The van der Waals surface area contributed by atoms with Crippen LogP contribution in [0.2, 0.25) is 0 Å². The fourth-order valence-electron chi connectivity index (χ4n) is 4.08. The van der Waals surface area contributed by atoms with Gasteiger partial charge in [-0.2, -0.15) is 0 Å². The summed E-state index contributed by atoms with van der Waals surface area (Å²) in [4.78, 5) is 35.1. The molecule has 0 bridgehead atoms. The average Bonchev–Trinajstić information content (AvgIpc) is 3.29. The number of benzene rings is 2. The lowest BCUT2D eigenvalue weighted by molar-refractivity contribution is 0.0537. The quantitative estimate of drug-likeness (QED) is 0.513. The molecule has 1 fully saturated rings. The van der Waals surface area contributed by atoms with Crippen LogP contribution in [0.25, 0.3) is 10.6 Å². The third-order valence-electron chi connectivity index (χ3n) is 6.13. The van der Waals surface area contributed by atoms with Crippen LogP contribution in [0.15, 0.2) is 36.4 Å². The number of rotatable bonds is 6. The molecule has 0 atom stereocenters. The molecular weight excluding hydrogens is 466 g/mol. The maximum atomic E-state index is 13.3. The summed E-state index contributed by atoms with van der Waals surface area (Å²) in [6, 6.07) is 11.1. The van der Waals surface area contributed by atoms with Crippen molar-refractivity contribution >= 4 is 23.2 Å². The van der Waals surface area contributed by atoms with Crippen LogP contribution in [0, 0.1) is 13.8 Å². The molecular formula is C26H29N3O5S. The van der Waals surface area contributed by atoms with Gasteiger partial charge >= 0.3 is 0 Å². The fraction of sp³-hybridized carbons (Fsp3) is 0.346. The Hall–Kier alpha value is -3.59. The highest BCUT2D eigenvalue weighted by Crippen LogP contribution is 2.35. The van der Waals surface area contributed by atoms with Crippen molar-refractivity contribution in [2.24, 2.45) is 0 Å². The molecule has 35 heavy (non-hydrogen) atoms. The Balaban J connectivity index is 1.44. The summed E-state index contributed by atoms with van der Waals surface area (Å²) >= 11 is 1.36. The molecule has 1 aliphatic heterocycles. The Morgan fingerprint density at radius 2 is 1.43 bits per heavy atom. The van der Waals surface area contributed by atoms with E-state index in [1.807, 2.05) is 44.2 Å². The first-order valence-electron chi connectivity index (χ1n) is 11.3. The van der Waals surface area contributed by atoms with Crippen molar-refractivity contribution in [2.45, 2.75) is 13.8 Å². The topological polar surface area (TPSA) is 81.2 Å². The van der Waals surface area contributed by atoms with Gasteiger partial charge in [-0.1, -0.05) is 6.07 Å². The zero-order chi connectivity index (χ0) is 25.1. The van der Waals surface area contributed by atoms with E-state index in [4.69, 9.17) is 14.2 Å². The number of nitrogens with zero attached hydrogens (tertiary/aromatic N) is 3. The van der Waals surface area contributed by atoms with Crippen molar-refractivity contribution in [3.05, 3.63) is 58.1 Å². The molecule has 3 aromatic rings. The number of aromatic nitrogens is 1. The molecule has 184 valence electrons. The average molecular weight is 496 g/mol. The predicted molar refractivity (Wildman–Crippen MR) is 135 cm³/mol. The number of hydrogen-bond acceptors (Lipinski definition) is 7. The molecule has 0 spiro atoms. The Labute approximate surface area is 209 Å². The Kier molecular flexibility index (Phi) is 7.25. The molecule has 8 nitrogen and oxygen atoms in total. The van der Waals surface area contributed by atoms with Gasteiger partial charge in [0.05, 0.1) is 27.0 Å². The molecule has 0 N–H and O–H groups in total. The monoisotopic (exact) mass is 495 g/mol. The van der Waals surface area contributed by atoms with Crippen molar-refractivity contribution in [1.29, 1.82) is 0 Å². The van der Waals surface area contributed by atoms with E-state index in [2.05, 4.69) is 4.98 Å². The first-order valence-corrected chi connectivity index (χ1v) is 12.1. The number of methoxy groups -OCH3 is 3. The van der Waals surface area contributed by atoms with E-state index in [0.29, 0.717) is 59.6 Å². The van der Waals surface area contributed by atoms with Gasteiger partial charge in [0, 0.05) is 37.3 Å². The summed E-state index contributed by atoms with van der Waals surface area (Å²) in [5.41, 5.74) is 3.12. The lowest BCUT2D eigenvalue weighted by atomic mass is 10.1. The van der Waals surface area contributed by atoms with Gasteiger partial charge in [0.15, 0.2) is 11.5 Å². The molecule has 4 rings (SSSR count). The highest BCUT2D eigenvalue weighted by Gasteiger charge is 2.28. The zero-order valence-corrected chi connectivity index (χ0v) is 21.4. The lowest BCUT2D eigenvalue weighted by Crippen LogP contribution is -2.50. The summed E-state index contributed by atoms with van der Waals surface area (Å²) < 4.78 is 16.1. The van der Waals surface area contributed by atoms with E-state index in [1.54, 1.807) is 37.2 Å². The molecule has 0 aliphatic carbocycles. The standard InChI is InChI=1S/C26H29N3O5S/c1-16-6-7-19(15-21(16)33-4)25(30)28-10-12-29(13-11-28)26(31)23-17(2)27-24(35-23)18-8-9-20(32-3)22(14-18)34-5/h6-9,14-15H,10-13H2,1-5H3. The van der Waals surface area contributed by atoms with Gasteiger partial charge in [0.2, 0.25) is 0 Å². The molecule has 1 aromatic heterocycles. The third kappa shape index (κ3) is 4.95. The van der Waals surface area contributed by atoms with Crippen LogP contribution in [0.4, 0.5) is 0 Å². The first-order chi connectivity index (χ1) is 16.9. The summed E-state index contributed by atoms with van der Waals surface area (Å²) in [5.74, 6) is 1.82. The molecule has 9 heteroatoms. The molecule has 2 heterocycles. The number of aryl methyl sites for hydroxylation is 2. The number of carbonyl (C=O) groups is 2. The van der Waals surface area contributed by atoms with Crippen LogP contribution in [-0.4, -0.2) is 74.1 Å². The number of hydrogen-bond donors (Lipinski definition) is 0. The largest absolute Gasteiger partial charge is 0.496 e. The maximum absolute atomic E-state index is 13.3. The molecule has 2 aromatic carbocycles. The van der Waals surface area contributed by atoms with Crippen LogP contribution in [0.3, 0.4) is 0 Å². The number of amides is 2. The van der Waals surface area contributed by atoms with Crippen LogP contribution in [0.1, 0.15) is 31.3 Å². The van der Waals surface area contributed by atoms with Crippen molar-refractivity contribution in [2.75, 3.05) is 47.5 Å². The summed E-state index contributed by atoms with van der Waals surface area (Å²) in [7, 11) is 4.77. The zero-order valence-electron chi connectivity index (χ0n) is 20.6. The normalized spacial score (nSPS) is 13.5. The van der Waals surface area contributed by atoms with Crippen molar-refractivity contribution in [3.63, 3.8) is 0 Å². The van der Waals surface area contributed by atoms with Gasteiger partial charge in [0.25, 0.3) is 11.8 Å². The second-order valence-electron chi connectivity index (χ2n) is 8.27. The van der Waals surface area contributed by atoms with E-state index in [9.17, 15) is 9.59 Å². The summed E-state index contributed by atoms with van der Waals surface area (Å²) in [5, 5.41) is 0.744. The van der Waals surface area contributed by atoms with Gasteiger partial charge < -0.3 is 24.0 Å². The Morgan fingerprint density at radius 3 is 2.06 bits per heavy atom. The van der Waals surface area contributed by atoms with E-state index >= 15 is 0 Å². The number of ether oxygens (including phenoxy) is 3. The van der Waals surface area contributed by atoms with E-state index < -0.39 is 0 Å². The van der Waals surface area contributed by atoms with Crippen molar-refractivity contribution in [3.8, 4) is 27.8 Å². The molecule has 1 saturated heterocycles. The van der Waals surface area contributed by atoms with E-state index in [-0.39, 0.29) is 11.8 Å².